The van der Waals surface area contributed by atoms with Gasteiger partial charge >= 0.3 is 0 Å². The van der Waals surface area contributed by atoms with Crippen molar-refractivity contribution in [2.45, 2.75) is 31.4 Å². The van der Waals surface area contributed by atoms with Gasteiger partial charge in [0.2, 0.25) is 0 Å². The number of aliphatic hydroxyl groups excluding tert-OH is 1. The van der Waals surface area contributed by atoms with Gasteiger partial charge in [0, 0.05) is 29.2 Å². The molecule has 0 aliphatic heterocycles. The third kappa shape index (κ3) is 2.87. The average molecular weight is 340 g/mol. The van der Waals surface area contributed by atoms with Crippen LogP contribution in [0, 0.1) is 5.82 Å². The van der Waals surface area contributed by atoms with Crippen LogP contribution < -0.4 is 5.32 Å². The first kappa shape index (κ1) is 15.7. The minimum atomic E-state index is -0.570. The van der Waals surface area contributed by atoms with Crippen LogP contribution in [-0.2, 0) is 0 Å². The molecule has 0 bridgehead atoms. The van der Waals surface area contributed by atoms with E-state index in [-0.39, 0.29) is 29.2 Å². The Morgan fingerprint density at radius 3 is 2.76 bits per heavy atom. The van der Waals surface area contributed by atoms with E-state index in [1.165, 1.54) is 18.2 Å². The first-order chi connectivity index (χ1) is 12.1. The molecule has 0 amide bonds. The molecular formula is C18H17FN4O2. The van der Waals surface area contributed by atoms with E-state index < -0.39 is 5.82 Å². The molecule has 0 saturated heterocycles. The van der Waals surface area contributed by atoms with E-state index in [4.69, 9.17) is 0 Å². The standard InChI is InChI=1S/C18H17FN4O2/c19-14-2-1-3-15(25)16(14)17-13-9-20-7-6-12(13)18(23-22-17)21-10-4-5-11(24)8-10/h1-3,6-7,9-11,24-25H,4-5,8H2,(H,21,23)/t10-,11-/m1/s1. The summed E-state index contributed by atoms with van der Waals surface area (Å²) < 4.78 is 14.2. The number of benzene rings is 1. The molecule has 2 atom stereocenters. The average Bonchev–Trinajstić information content (AvgIpc) is 3.01. The fourth-order valence-electron chi connectivity index (χ4n) is 3.32. The van der Waals surface area contributed by atoms with Gasteiger partial charge in [0.1, 0.15) is 17.3 Å². The van der Waals surface area contributed by atoms with Gasteiger partial charge in [-0.1, -0.05) is 6.07 Å². The molecular weight excluding hydrogens is 323 g/mol. The van der Waals surface area contributed by atoms with Crippen LogP contribution in [0.3, 0.4) is 0 Å². The van der Waals surface area contributed by atoms with Gasteiger partial charge < -0.3 is 15.5 Å². The number of pyridine rings is 1. The second-order valence-electron chi connectivity index (χ2n) is 6.26. The van der Waals surface area contributed by atoms with E-state index >= 15 is 0 Å². The fourth-order valence-corrected chi connectivity index (χ4v) is 3.32. The number of phenols is 1. The molecule has 128 valence electrons. The molecule has 2 heterocycles. The van der Waals surface area contributed by atoms with Gasteiger partial charge in [-0.25, -0.2) is 4.39 Å². The van der Waals surface area contributed by atoms with E-state index in [2.05, 4.69) is 20.5 Å². The number of rotatable bonds is 3. The highest BCUT2D eigenvalue weighted by Crippen LogP contribution is 2.36. The monoisotopic (exact) mass is 340 g/mol. The Morgan fingerprint density at radius 1 is 1.12 bits per heavy atom. The van der Waals surface area contributed by atoms with E-state index in [9.17, 15) is 14.6 Å². The molecule has 25 heavy (non-hydrogen) atoms. The summed E-state index contributed by atoms with van der Waals surface area (Å²) in [6.45, 7) is 0. The number of halogens is 1. The summed E-state index contributed by atoms with van der Waals surface area (Å²) in [5.74, 6) is -0.200. The highest BCUT2D eigenvalue weighted by atomic mass is 19.1. The number of nitrogens with one attached hydrogen (secondary N) is 1. The Labute approximate surface area is 143 Å². The minimum absolute atomic E-state index is 0.0100. The number of phenolic OH excluding ortho intramolecular Hbond substituents is 1. The van der Waals surface area contributed by atoms with Crippen LogP contribution in [-0.4, -0.2) is 37.5 Å². The Balaban J connectivity index is 1.82. The summed E-state index contributed by atoms with van der Waals surface area (Å²) in [5, 5.41) is 32.7. The van der Waals surface area contributed by atoms with Crippen molar-refractivity contribution in [1.29, 1.82) is 0 Å². The second-order valence-corrected chi connectivity index (χ2v) is 6.26. The highest BCUT2D eigenvalue weighted by Gasteiger charge is 2.24. The minimum Gasteiger partial charge on any atom is -0.507 e. The third-order valence-corrected chi connectivity index (χ3v) is 4.56. The van der Waals surface area contributed by atoms with Crippen LogP contribution in [0.5, 0.6) is 5.75 Å². The molecule has 6 nitrogen and oxygen atoms in total. The lowest BCUT2D eigenvalue weighted by Crippen LogP contribution is -2.18. The zero-order chi connectivity index (χ0) is 17.4. The fraction of sp³-hybridized carbons (Fsp3) is 0.278. The quantitative estimate of drug-likeness (QED) is 0.679. The Kier molecular flexibility index (Phi) is 3.93. The van der Waals surface area contributed by atoms with Crippen LogP contribution in [0.2, 0.25) is 0 Å². The third-order valence-electron chi connectivity index (χ3n) is 4.56. The van der Waals surface area contributed by atoms with E-state index in [0.717, 1.165) is 18.2 Å². The normalized spacial score (nSPS) is 20.1. The van der Waals surface area contributed by atoms with Gasteiger partial charge in [-0.05, 0) is 37.5 Å². The maximum absolute atomic E-state index is 14.2. The van der Waals surface area contributed by atoms with Crippen LogP contribution in [0.25, 0.3) is 22.0 Å². The van der Waals surface area contributed by atoms with Gasteiger partial charge in [0.25, 0.3) is 0 Å². The van der Waals surface area contributed by atoms with Crippen molar-refractivity contribution in [3.8, 4) is 17.0 Å². The number of aliphatic hydroxyl groups is 1. The number of anilines is 1. The summed E-state index contributed by atoms with van der Waals surface area (Å²) in [5.41, 5.74) is 0.256. The van der Waals surface area contributed by atoms with Crippen molar-refractivity contribution in [1.82, 2.24) is 15.2 Å². The van der Waals surface area contributed by atoms with Crippen molar-refractivity contribution in [3.05, 3.63) is 42.5 Å². The van der Waals surface area contributed by atoms with Gasteiger partial charge in [-0.15, -0.1) is 10.2 Å². The van der Waals surface area contributed by atoms with Crippen LogP contribution >= 0.6 is 0 Å². The first-order valence-corrected chi connectivity index (χ1v) is 8.16. The van der Waals surface area contributed by atoms with E-state index in [1.54, 1.807) is 18.5 Å². The summed E-state index contributed by atoms with van der Waals surface area (Å²) in [7, 11) is 0. The SMILES string of the molecule is Oc1cccc(F)c1-c1nnc(N[C@@H]2CC[C@@H](O)C2)c2ccncc12. The van der Waals surface area contributed by atoms with Crippen molar-refractivity contribution < 1.29 is 14.6 Å². The van der Waals surface area contributed by atoms with Gasteiger partial charge in [-0.2, -0.15) is 0 Å². The number of fused-ring (bicyclic) bond motifs is 1. The summed E-state index contributed by atoms with van der Waals surface area (Å²) in [6.07, 6.45) is 5.18. The lowest BCUT2D eigenvalue weighted by Gasteiger charge is -2.15. The molecule has 3 N–H and O–H groups in total. The number of hydrogen-bond acceptors (Lipinski definition) is 6. The lowest BCUT2D eigenvalue weighted by atomic mass is 10.0. The van der Waals surface area contributed by atoms with Crippen molar-refractivity contribution in [2.75, 3.05) is 5.32 Å². The zero-order valence-electron chi connectivity index (χ0n) is 13.4. The van der Waals surface area contributed by atoms with Crippen LogP contribution in [0.15, 0.2) is 36.7 Å². The molecule has 1 saturated carbocycles. The number of aromatic nitrogens is 3. The molecule has 3 aromatic rings. The highest BCUT2D eigenvalue weighted by molar-refractivity contribution is 6.00. The predicted octanol–water partition coefficient (Wildman–Crippen LogP) is 2.86. The predicted molar refractivity (Wildman–Crippen MR) is 91.7 cm³/mol. The molecule has 1 aliphatic carbocycles. The molecule has 1 aliphatic rings. The molecule has 7 heteroatoms. The summed E-state index contributed by atoms with van der Waals surface area (Å²) in [4.78, 5) is 4.10. The molecule has 4 rings (SSSR count). The molecule has 2 aromatic heterocycles. The van der Waals surface area contributed by atoms with Crippen LogP contribution in [0.1, 0.15) is 19.3 Å². The van der Waals surface area contributed by atoms with Crippen molar-refractivity contribution >= 4 is 16.6 Å². The Morgan fingerprint density at radius 2 is 2.00 bits per heavy atom. The first-order valence-electron chi connectivity index (χ1n) is 8.16. The summed E-state index contributed by atoms with van der Waals surface area (Å²) >= 11 is 0. The molecule has 1 aromatic carbocycles. The molecule has 0 spiro atoms. The Bertz CT molecular complexity index is 914. The van der Waals surface area contributed by atoms with Gasteiger partial charge in [0.15, 0.2) is 5.82 Å². The topological polar surface area (TPSA) is 91.2 Å². The van der Waals surface area contributed by atoms with E-state index in [0.29, 0.717) is 17.6 Å². The number of nitrogens with zero attached hydrogens (tertiary/aromatic N) is 3. The van der Waals surface area contributed by atoms with Crippen molar-refractivity contribution in [2.24, 2.45) is 0 Å². The zero-order valence-corrected chi connectivity index (χ0v) is 13.4. The maximum atomic E-state index is 14.2. The van der Waals surface area contributed by atoms with E-state index in [1.807, 2.05) is 0 Å². The maximum Gasteiger partial charge on any atom is 0.156 e. The Hall–Kier alpha value is -2.80. The van der Waals surface area contributed by atoms with Gasteiger partial charge in [0.05, 0.1) is 11.7 Å². The smallest absolute Gasteiger partial charge is 0.156 e. The molecule has 1 fully saturated rings. The van der Waals surface area contributed by atoms with Gasteiger partial charge in [-0.3, -0.25) is 4.98 Å². The second kappa shape index (κ2) is 6.25. The lowest BCUT2D eigenvalue weighted by molar-refractivity contribution is 0.182. The number of aromatic hydroxyl groups is 1. The largest absolute Gasteiger partial charge is 0.507 e. The summed E-state index contributed by atoms with van der Waals surface area (Å²) in [6, 6.07) is 6.01. The number of hydrogen-bond donors (Lipinski definition) is 3. The molecule has 0 radical (unpaired) electrons. The van der Waals surface area contributed by atoms with Crippen LogP contribution in [0.4, 0.5) is 10.2 Å². The van der Waals surface area contributed by atoms with Crippen molar-refractivity contribution in [3.63, 3.8) is 0 Å². The molecule has 0 unspecified atom stereocenters.